The summed E-state index contributed by atoms with van der Waals surface area (Å²) in [7, 11) is 1.75. The lowest BCUT2D eigenvalue weighted by molar-refractivity contribution is 0.706. The molecule has 1 aliphatic heterocycles. The molecule has 2 heterocycles. The molecule has 0 atom stereocenters. The Bertz CT molecular complexity index is 321. The highest BCUT2D eigenvalue weighted by Gasteiger charge is 2.10. The minimum Gasteiger partial charge on any atom is -0.227 e. The van der Waals surface area contributed by atoms with Crippen molar-refractivity contribution in [3.63, 3.8) is 0 Å². The second-order valence-corrected chi connectivity index (χ2v) is 2.04. The van der Waals surface area contributed by atoms with Crippen LogP contribution in [0.15, 0.2) is 17.4 Å². The molecule has 55 valence electrons. The van der Waals surface area contributed by atoms with Gasteiger partial charge in [0.15, 0.2) is 0 Å². The van der Waals surface area contributed by atoms with Crippen molar-refractivity contribution in [2.45, 2.75) is 0 Å². The van der Waals surface area contributed by atoms with Crippen LogP contribution in [0.2, 0.25) is 0 Å². The quantitative estimate of drug-likeness (QED) is 0.516. The lowest BCUT2D eigenvalue weighted by Gasteiger charge is -1.91. The first kappa shape index (κ1) is 6.02. The summed E-state index contributed by atoms with van der Waals surface area (Å²) in [4.78, 5) is 0. The first-order valence-electron chi connectivity index (χ1n) is 3.05. The maximum atomic E-state index is 3.81. The molecule has 1 aromatic heterocycles. The minimum absolute atomic E-state index is 0.627. The van der Waals surface area contributed by atoms with Gasteiger partial charge in [-0.3, -0.25) is 0 Å². The van der Waals surface area contributed by atoms with E-state index in [-0.39, 0.29) is 0 Å². The highest BCUT2D eigenvalue weighted by atomic mass is 15.5. The molecule has 1 aliphatic rings. The Morgan fingerprint density at radius 1 is 1.45 bits per heavy atom. The molecule has 0 unspecified atom stereocenters. The van der Waals surface area contributed by atoms with Crippen LogP contribution in [0.4, 0.5) is 0 Å². The standard InChI is InChI=1S/C5H5N6/c1-11-5(8-9-10-11)4-2-3-6-7-4/h2-3H,1H3. The fraction of sp³-hybridized carbons (Fsp3) is 0.200. The van der Waals surface area contributed by atoms with Crippen molar-refractivity contribution < 1.29 is 0 Å². The van der Waals surface area contributed by atoms with Gasteiger partial charge < -0.3 is 0 Å². The van der Waals surface area contributed by atoms with Crippen molar-refractivity contribution in [1.82, 2.24) is 25.6 Å². The second-order valence-electron chi connectivity index (χ2n) is 2.04. The Morgan fingerprint density at radius 3 is 2.91 bits per heavy atom. The normalized spacial score (nSPS) is 14.8. The van der Waals surface area contributed by atoms with Crippen LogP contribution in [-0.2, 0) is 7.05 Å². The van der Waals surface area contributed by atoms with E-state index >= 15 is 0 Å². The van der Waals surface area contributed by atoms with Gasteiger partial charge >= 0.3 is 0 Å². The van der Waals surface area contributed by atoms with Gasteiger partial charge in [-0.15, -0.1) is 10.2 Å². The van der Waals surface area contributed by atoms with Gasteiger partial charge in [-0.1, -0.05) is 0 Å². The Hall–Kier alpha value is -1.72. The van der Waals surface area contributed by atoms with E-state index < -0.39 is 0 Å². The number of hydrogen-bond donors (Lipinski definition) is 0. The smallest absolute Gasteiger partial charge is 0.202 e. The van der Waals surface area contributed by atoms with E-state index in [0.29, 0.717) is 11.5 Å². The van der Waals surface area contributed by atoms with Gasteiger partial charge in [0.05, 0.1) is 6.20 Å². The summed E-state index contributed by atoms with van der Waals surface area (Å²) >= 11 is 0. The lowest BCUT2D eigenvalue weighted by Crippen LogP contribution is -2.05. The zero-order chi connectivity index (χ0) is 7.68. The molecule has 11 heavy (non-hydrogen) atoms. The molecule has 6 nitrogen and oxygen atoms in total. The molecule has 0 aromatic carbocycles. The van der Waals surface area contributed by atoms with E-state index in [4.69, 9.17) is 0 Å². The van der Waals surface area contributed by atoms with E-state index in [1.807, 2.05) is 0 Å². The molecule has 1 radical (unpaired) electrons. The van der Waals surface area contributed by atoms with Crippen LogP contribution < -0.4 is 5.43 Å². The molecule has 0 saturated heterocycles. The summed E-state index contributed by atoms with van der Waals surface area (Å²) in [6.07, 6.45) is 3.36. The molecule has 0 spiro atoms. The fourth-order valence-corrected chi connectivity index (χ4v) is 0.799. The van der Waals surface area contributed by atoms with Crippen LogP contribution in [0, 0.1) is 0 Å². The summed E-state index contributed by atoms with van der Waals surface area (Å²) in [5, 5.41) is 14.7. The number of hydrogen-bond acceptors (Lipinski definition) is 4. The van der Waals surface area contributed by atoms with Gasteiger partial charge in [0.1, 0.15) is 5.71 Å². The number of tetrazole rings is 1. The van der Waals surface area contributed by atoms with Crippen LogP contribution in [0.3, 0.4) is 0 Å². The summed E-state index contributed by atoms with van der Waals surface area (Å²) in [5.74, 6) is 0.627. The molecule has 2 rings (SSSR count). The maximum Gasteiger partial charge on any atom is 0.202 e. The number of rotatable bonds is 1. The van der Waals surface area contributed by atoms with Gasteiger partial charge in [0.25, 0.3) is 0 Å². The third-order valence-corrected chi connectivity index (χ3v) is 1.31. The molecule has 1 aromatic rings. The van der Waals surface area contributed by atoms with Crippen LogP contribution in [0.1, 0.15) is 5.82 Å². The molecule has 0 saturated carbocycles. The van der Waals surface area contributed by atoms with E-state index in [2.05, 4.69) is 26.1 Å². The zero-order valence-corrected chi connectivity index (χ0v) is 5.84. The van der Waals surface area contributed by atoms with Crippen molar-refractivity contribution >= 4 is 5.71 Å². The zero-order valence-electron chi connectivity index (χ0n) is 5.84. The van der Waals surface area contributed by atoms with Crippen LogP contribution in [-0.4, -0.2) is 25.9 Å². The summed E-state index contributed by atoms with van der Waals surface area (Å²) in [6, 6.07) is 0. The topological polar surface area (TPSA) is 70.1 Å². The van der Waals surface area contributed by atoms with Gasteiger partial charge in [0, 0.05) is 7.05 Å². The number of allylic oxidation sites excluding steroid dienone is 1. The highest BCUT2D eigenvalue weighted by molar-refractivity contribution is 6.06. The molecule has 0 aliphatic carbocycles. The lowest BCUT2D eigenvalue weighted by atomic mass is 10.3. The average Bonchev–Trinajstić information content (AvgIpc) is 2.55. The minimum atomic E-state index is 0.627. The number of aryl methyl sites for hydroxylation is 1. The molecule has 0 fully saturated rings. The number of aromatic nitrogens is 4. The van der Waals surface area contributed by atoms with Crippen LogP contribution >= 0.6 is 0 Å². The van der Waals surface area contributed by atoms with E-state index in [0.717, 1.165) is 0 Å². The largest absolute Gasteiger partial charge is 0.227 e. The first-order chi connectivity index (χ1) is 5.38. The highest BCUT2D eigenvalue weighted by Crippen LogP contribution is 1.98. The molecule has 0 amide bonds. The second kappa shape index (κ2) is 2.15. The van der Waals surface area contributed by atoms with Gasteiger partial charge in [-0.2, -0.15) is 5.43 Å². The summed E-state index contributed by atoms with van der Waals surface area (Å²) in [6.45, 7) is 0. The Morgan fingerprint density at radius 2 is 2.36 bits per heavy atom. The maximum absolute atomic E-state index is 3.81. The molecular formula is C5H5N6. The van der Waals surface area contributed by atoms with Crippen molar-refractivity contribution in [2.75, 3.05) is 0 Å². The Balaban J connectivity index is 2.43. The van der Waals surface area contributed by atoms with Crippen LogP contribution in [0.5, 0.6) is 0 Å². The SMILES string of the molecule is Cn1nnnc1C1=N[N]C=C1. The van der Waals surface area contributed by atoms with Crippen molar-refractivity contribution in [3.8, 4) is 0 Å². The molecule has 6 heteroatoms. The van der Waals surface area contributed by atoms with E-state index in [9.17, 15) is 0 Å². The average molecular weight is 149 g/mol. The third kappa shape index (κ3) is 0.878. The third-order valence-electron chi connectivity index (χ3n) is 1.31. The van der Waals surface area contributed by atoms with Crippen molar-refractivity contribution in [1.29, 1.82) is 0 Å². The molecule has 0 N–H and O–H groups in total. The predicted molar refractivity (Wildman–Crippen MR) is 36.6 cm³/mol. The first-order valence-corrected chi connectivity index (χ1v) is 3.05. The Kier molecular flexibility index (Phi) is 1.18. The van der Waals surface area contributed by atoms with E-state index in [1.165, 1.54) is 0 Å². The summed E-state index contributed by atoms with van der Waals surface area (Å²) < 4.78 is 1.55. The van der Waals surface area contributed by atoms with Crippen LogP contribution in [0.25, 0.3) is 0 Å². The predicted octanol–water partition coefficient (Wildman–Crippen LogP) is -0.954. The van der Waals surface area contributed by atoms with Gasteiger partial charge in [-0.05, 0) is 16.5 Å². The van der Waals surface area contributed by atoms with Crippen molar-refractivity contribution in [2.24, 2.45) is 12.1 Å². The molecule has 0 bridgehead atoms. The number of nitrogens with zero attached hydrogens (tertiary/aromatic N) is 6. The molecular weight excluding hydrogens is 144 g/mol. The van der Waals surface area contributed by atoms with Gasteiger partial charge in [0.2, 0.25) is 5.82 Å². The Labute approximate surface area is 62.6 Å². The van der Waals surface area contributed by atoms with Gasteiger partial charge in [-0.25, -0.2) is 4.68 Å². The summed E-state index contributed by atoms with van der Waals surface area (Å²) in [5.41, 5.74) is 4.35. The monoisotopic (exact) mass is 149 g/mol. The fourth-order valence-electron chi connectivity index (χ4n) is 0.799. The van der Waals surface area contributed by atoms with E-state index in [1.54, 1.807) is 24.0 Å². The van der Waals surface area contributed by atoms with Crippen molar-refractivity contribution in [3.05, 3.63) is 18.1 Å².